The molecule has 0 aromatic rings. The summed E-state index contributed by atoms with van der Waals surface area (Å²) in [6.07, 6.45) is 0.864. The number of rotatable bonds is 4. The van der Waals surface area contributed by atoms with Crippen LogP contribution in [0.1, 0.15) is 13.3 Å². The van der Waals surface area contributed by atoms with Gasteiger partial charge >= 0.3 is 0 Å². The highest BCUT2D eigenvalue weighted by Gasteiger charge is 2.31. The van der Waals surface area contributed by atoms with Crippen LogP contribution in [0.4, 0.5) is 0 Å². The predicted octanol–water partition coefficient (Wildman–Crippen LogP) is -0.0212. The first-order valence-electron chi connectivity index (χ1n) is 5.41. The van der Waals surface area contributed by atoms with E-state index >= 15 is 0 Å². The number of hydrogen-bond donors (Lipinski definition) is 1. The minimum Gasteiger partial charge on any atom is -0.377 e. The molecule has 1 N–H and O–H groups in total. The maximum atomic E-state index is 11.8. The van der Waals surface area contributed by atoms with Crippen LogP contribution < -0.4 is 5.32 Å². The Kier molecular flexibility index (Phi) is 5.55. The van der Waals surface area contributed by atoms with Crippen LogP contribution in [-0.2, 0) is 14.3 Å². The Labute approximate surface area is 100 Å². The molecule has 1 unspecified atom stereocenters. The SMILES string of the molecule is CCCNC(=O)C1COCCN1C(=O)CCl. The molecule has 1 aliphatic rings. The van der Waals surface area contributed by atoms with E-state index in [4.69, 9.17) is 16.3 Å². The molecule has 6 heteroatoms. The number of hydrogen-bond acceptors (Lipinski definition) is 3. The smallest absolute Gasteiger partial charge is 0.245 e. The fourth-order valence-corrected chi connectivity index (χ4v) is 1.72. The summed E-state index contributed by atoms with van der Waals surface area (Å²) in [5, 5.41) is 2.76. The Morgan fingerprint density at radius 1 is 1.56 bits per heavy atom. The predicted molar refractivity (Wildman–Crippen MR) is 60.3 cm³/mol. The van der Waals surface area contributed by atoms with Gasteiger partial charge in [0.15, 0.2) is 0 Å². The maximum Gasteiger partial charge on any atom is 0.245 e. The lowest BCUT2D eigenvalue weighted by molar-refractivity contribution is -0.146. The second kappa shape index (κ2) is 6.70. The number of carbonyl (C=O) groups is 2. The molecular formula is C10H17ClN2O3. The third-order valence-corrected chi connectivity index (χ3v) is 2.64. The highest BCUT2D eigenvalue weighted by molar-refractivity contribution is 6.27. The lowest BCUT2D eigenvalue weighted by Gasteiger charge is -2.34. The van der Waals surface area contributed by atoms with E-state index in [9.17, 15) is 9.59 Å². The van der Waals surface area contributed by atoms with Crippen molar-refractivity contribution < 1.29 is 14.3 Å². The lowest BCUT2D eigenvalue weighted by Crippen LogP contribution is -2.56. The van der Waals surface area contributed by atoms with Gasteiger partial charge in [-0.1, -0.05) is 6.92 Å². The minimum absolute atomic E-state index is 0.0996. The maximum absolute atomic E-state index is 11.8. The van der Waals surface area contributed by atoms with Gasteiger partial charge in [0.25, 0.3) is 0 Å². The molecule has 0 aliphatic carbocycles. The van der Waals surface area contributed by atoms with Crippen LogP contribution in [0.25, 0.3) is 0 Å². The van der Waals surface area contributed by atoms with E-state index in [0.717, 1.165) is 6.42 Å². The molecule has 1 aliphatic heterocycles. The van der Waals surface area contributed by atoms with E-state index < -0.39 is 6.04 Å². The first kappa shape index (κ1) is 13.3. The molecule has 0 bridgehead atoms. The number of nitrogens with zero attached hydrogens (tertiary/aromatic N) is 1. The first-order valence-corrected chi connectivity index (χ1v) is 5.95. The van der Waals surface area contributed by atoms with Crippen molar-refractivity contribution in [2.24, 2.45) is 0 Å². The molecule has 1 fully saturated rings. The minimum atomic E-state index is -0.536. The molecule has 1 rings (SSSR count). The molecule has 92 valence electrons. The van der Waals surface area contributed by atoms with Crippen molar-refractivity contribution in [3.63, 3.8) is 0 Å². The number of halogens is 1. The monoisotopic (exact) mass is 248 g/mol. The van der Waals surface area contributed by atoms with Crippen molar-refractivity contribution in [3.05, 3.63) is 0 Å². The highest BCUT2D eigenvalue weighted by atomic mass is 35.5. The molecular weight excluding hydrogens is 232 g/mol. The fraction of sp³-hybridized carbons (Fsp3) is 0.800. The van der Waals surface area contributed by atoms with Crippen molar-refractivity contribution >= 4 is 23.4 Å². The van der Waals surface area contributed by atoms with Crippen LogP contribution in [0.5, 0.6) is 0 Å². The molecule has 1 heterocycles. The average molecular weight is 249 g/mol. The quantitative estimate of drug-likeness (QED) is 0.712. The van der Waals surface area contributed by atoms with Gasteiger partial charge in [-0.25, -0.2) is 0 Å². The Hall–Kier alpha value is -0.810. The first-order chi connectivity index (χ1) is 7.70. The number of carbonyl (C=O) groups excluding carboxylic acids is 2. The van der Waals surface area contributed by atoms with Crippen LogP contribution >= 0.6 is 11.6 Å². The van der Waals surface area contributed by atoms with Gasteiger partial charge in [-0.15, -0.1) is 11.6 Å². The molecule has 0 aromatic heterocycles. The second-order valence-corrected chi connectivity index (χ2v) is 3.87. The third kappa shape index (κ3) is 3.35. The van der Waals surface area contributed by atoms with Gasteiger partial charge < -0.3 is 15.0 Å². The van der Waals surface area contributed by atoms with Gasteiger partial charge in [-0.05, 0) is 6.42 Å². The van der Waals surface area contributed by atoms with Gasteiger partial charge in [0, 0.05) is 13.1 Å². The fourth-order valence-electron chi connectivity index (χ4n) is 1.56. The topological polar surface area (TPSA) is 58.6 Å². The van der Waals surface area contributed by atoms with Crippen LogP contribution in [0.15, 0.2) is 0 Å². The summed E-state index contributed by atoms with van der Waals surface area (Å²) in [7, 11) is 0. The van der Waals surface area contributed by atoms with Gasteiger partial charge in [0.1, 0.15) is 11.9 Å². The van der Waals surface area contributed by atoms with Crippen molar-refractivity contribution in [3.8, 4) is 0 Å². The van der Waals surface area contributed by atoms with Crippen LogP contribution in [0, 0.1) is 0 Å². The normalized spacial score (nSPS) is 20.6. The van der Waals surface area contributed by atoms with Crippen molar-refractivity contribution in [2.45, 2.75) is 19.4 Å². The van der Waals surface area contributed by atoms with Crippen molar-refractivity contribution in [1.29, 1.82) is 0 Å². The Morgan fingerprint density at radius 2 is 2.31 bits per heavy atom. The molecule has 2 amide bonds. The summed E-state index contributed by atoms with van der Waals surface area (Å²) in [5.41, 5.74) is 0. The van der Waals surface area contributed by atoms with E-state index in [2.05, 4.69) is 5.32 Å². The molecule has 0 aromatic carbocycles. The standard InChI is InChI=1S/C10H17ClN2O3/c1-2-3-12-10(15)8-7-16-5-4-13(8)9(14)6-11/h8H,2-7H2,1H3,(H,12,15). The van der Waals surface area contributed by atoms with Crippen LogP contribution in [0.3, 0.4) is 0 Å². The molecule has 0 spiro atoms. The molecule has 0 radical (unpaired) electrons. The van der Waals surface area contributed by atoms with E-state index in [0.29, 0.717) is 19.7 Å². The Bertz CT molecular complexity index is 260. The molecule has 16 heavy (non-hydrogen) atoms. The molecule has 5 nitrogen and oxygen atoms in total. The molecule has 0 saturated carbocycles. The summed E-state index contributed by atoms with van der Waals surface area (Å²) < 4.78 is 5.21. The Balaban J connectivity index is 2.59. The number of alkyl halides is 1. The highest BCUT2D eigenvalue weighted by Crippen LogP contribution is 2.08. The number of nitrogens with one attached hydrogen (secondary N) is 1. The summed E-state index contributed by atoms with van der Waals surface area (Å²) in [6.45, 7) is 3.71. The van der Waals surface area contributed by atoms with E-state index in [1.54, 1.807) is 0 Å². The average Bonchev–Trinajstić information content (AvgIpc) is 2.35. The zero-order chi connectivity index (χ0) is 12.0. The largest absolute Gasteiger partial charge is 0.377 e. The molecule has 1 saturated heterocycles. The summed E-state index contributed by atoms with van der Waals surface area (Å²) in [6, 6.07) is -0.536. The molecule has 1 atom stereocenters. The summed E-state index contributed by atoms with van der Waals surface area (Å²) in [4.78, 5) is 24.8. The van der Waals surface area contributed by atoms with E-state index in [1.807, 2.05) is 6.92 Å². The second-order valence-electron chi connectivity index (χ2n) is 3.60. The van der Waals surface area contributed by atoms with E-state index in [1.165, 1.54) is 4.90 Å². The van der Waals surface area contributed by atoms with E-state index in [-0.39, 0.29) is 24.3 Å². The van der Waals surface area contributed by atoms with Crippen LogP contribution in [-0.4, -0.2) is 54.9 Å². The van der Waals surface area contributed by atoms with Crippen molar-refractivity contribution in [2.75, 3.05) is 32.2 Å². The van der Waals surface area contributed by atoms with Gasteiger partial charge in [0.05, 0.1) is 13.2 Å². The number of morpholine rings is 1. The van der Waals surface area contributed by atoms with Crippen molar-refractivity contribution in [1.82, 2.24) is 10.2 Å². The van der Waals surface area contributed by atoms with Gasteiger partial charge in [-0.2, -0.15) is 0 Å². The summed E-state index contributed by atoms with van der Waals surface area (Å²) in [5.74, 6) is -0.487. The lowest BCUT2D eigenvalue weighted by atomic mass is 10.2. The van der Waals surface area contributed by atoms with Gasteiger partial charge in [0.2, 0.25) is 11.8 Å². The summed E-state index contributed by atoms with van der Waals surface area (Å²) >= 11 is 5.50. The zero-order valence-electron chi connectivity index (χ0n) is 9.37. The Morgan fingerprint density at radius 3 is 2.94 bits per heavy atom. The zero-order valence-corrected chi connectivity index (χ0v) is 10.1. The van der Waals surface area contributed by atoms with Crippen LogP contribution in [0.2, 0.25) is 0 Å². The number of ether oxygens (including phenoxy) is 1. The van der Waals surface area contributed by atoms with Gasteiger partial charge in [-0.3, -0.25) is 9.59 Å². The third-order valence-electron chi connectivity index (χ3n) is 2.42. The number of amides is 2.